The largest absolute Gasteiger partial charge is 0.487 e. The van der Waals surface area contributed by atoms with Crippen molar-refractivity contribution in [3.05, 3.63) is 59.1 Å². The minimum Gasteiger partial charge on any atom is -0.487 e. The van der Waals surface area contributed by atoms with Crippen molar-refractivity contribution in [1.29, 1.82) is 0 Å². The molecule has 3 rings (SSSR count). The predicted molar refractivity (Wildman–Crippen MR) is 105 cm³/mol. The topological polar surface area (TPSA) is 67.8 Å². The Kier molecular flexibility index (Phi) is 5.96. The minimum absolute atomic E-state index is 0.0489. The van der Waals surface area contributed by atoms with E-state index in [1.165, 1.54) is 11.8 Å². The van der Waals surface area contributed by atoms with E-state index in [1.807, 2.05) is 43.3 Å². The molecule has 2 aromatic carbocycles. The number of hydrogen-bond donors (Lipinski definition) is 1. The number of nitrogens with zero attached hydrogens (tertiary/aromatic N) is 1. The number of para-hydroxylation sites is 1. The molecule has 0 aromatic heterocycles. The number of aryl methyl sites for hydroxylation is 1. The molecule has 134 valence electrons. The lowest BCUT2D eigenvalue weighted by Gasteiger charge is -2.10. The number of amides is 2. The first kappa shape index (κ1) is 18.5. The van der Waals surface area contributed by atoms with Gasteiger partial charge in [-0.05, 0) is 36.8 Å². The molecule has 2 amide bonds. The molecule has 1 N–H and O–H groups in total. The summed E-state index contributed by atoms with van der Waals surface area (Å²) in [6.07, 6.45) is 0.0489. The number of anilines is 1. The molecule has 1 aliphatic heterocycles. The highest BCUT2D eigenvalue weighted by molar-refractivity contribution is 8.15. The maximum Gasteiger partial charge on any atom is 0.260 e. The van der Waals surface area contributed by atoms with Gasteiger partial charge in [-0.15, -0.1) is 0 Å². The molecule has 0 fully saturated rings. The van der Waals surface area contributed by atoms with Gasteiger partial charge < -0.3 is 10.1 Å². The highest BCUT2D eigenvalue weighted by atomic mass is 35.5. The summed E-state index contributed by atoms with van der Waals surface area (Å²) in [5.41, 5.74) is 1.54. The number of carbonyl (C=O) groups excluding carboxylic acids is 2. The molecule has 0 aliphatic carbocycles. The maximum atomic E-state index is 12.2. The molecule has 2 aromatic rings. The normalized spacial score (nSPS) is 16.3. The number of ether oxygens (including phenoxy) is 1. The zero-order valence-corrected chi connectivity index (χ0v) is 15.6. The quantitative estimate of drug-likeness (QED) is 0.809. The van der Waals surface area contributed by atoms with Crippen LogP contribution in [-0.4, -0.2) is 28.7 Å². The summed E-state index contributed by atoms with van der Waals surface area (Å²) < 4.78 is 5.59. The van der Waals surface area contributed by atoms with Gasteiger partial charge in [-0.1, -0.05) is 47.6 Å². The zero-order chi connectivity index (χ0) is 18.5. The number of carbonyl (C=O) groups is 2. The molecule has 0 saturated carbocycles. The van der Waals surface area contributed by atoms with E-state index in [9.17, 15) is 9.59 Å². The van der Waals surface area contributed by atoms with Crippen molar-refractivity contribution in [2.45, 2.75) is 18.6 Å². The highest BCUT2D eigenvalue weighted by Gasteiger charge is 2.30. The lowest BCUT2D eigenvalue weighted by Crippen LogP contribution is -2.21. The molecule has 0 radical (unpaired) electrons. The molecule has 1 aliphatic rings. The van der Waals surface area contributed by atoms with E-state index in [2.05, 4.69) is 10.3 Å². The third-order valence-electron chi connectivity index (χ3n) is 3.72. The Balaban J connectivity index is 1.50. The van der Waals surface area contributed by atoms with Gasteiger partial charge in [-0.2, -0.15) is 0 Å². The summed E-state index contributed by atoms with van der Waals surface area (Å²) in [6.45, 7) is 2.10. The van der Waals surface area contributed by atoms with Gasteiger partial charge in [0.05, 0.1) is 0 Å². The lowest BCUT2D eigenvalue weighted by atomic mass is 10.2. The van der Waals surface area contributed by atoms with Crippen LogP contribution >= 0.6 is 23.4 Å². The second-order valence-electron chi connectivity index (χ2n) is 5.77. The Morgan fingerprint density at radius 2 is 2.04 bits per heavy atom. The van der Waals surface area contributed by atoms with E-state index in [0.717, 1.165) is 5.56 Å². The van der Waals surface area contributed by atoms with Gasteiger partial charge in [0.25, 0.3) is 5.91 Å². The number of benzene rings is 2. The van der Waals surface area contributed by atoms with Crippen molar-refractivity contribution in [3.63, 3.8) is 0 Å². The van der Waals surface area contributed by atoms with Crippen LogP contribution in [0, 0.1) is 6.92 Å². The monoisotopic (exact) mass is 388 g/mol. The first-order valence-electron chi connectivity index (χ1n) is 8.03. The summed E-state index contributed by atoms with van der Waals surface area (Å²) in [4.78, 5) is 28.2. The zero-order valence-electron chi connectivity index (χ0n) is 14.1. The Morgan fingerprint density at radius 1 is 1.27 bits per heavy atom. The Bertz CT molecular complexity index is 855. The second kappa shape index (κ2) is 8.38. The molecule has 0 spiro atoms. The predicted octanol–water partition coefficient (Wildman–Crippen LogP) is 4.10. The number of halogens is 1. The molecular formula is C19H17ClN2O3S. The van der Waals surface area contributed by atoms with Crippen molar-refractivity contribution in [2.75, 3.05) is 11.9 Å². The molecule has 0 saturated heterocycles. The van der Waals surface area contributed by atoms with Gasteiger partial charge in [0.2, 0.25) is 5.91 Å². The minimum atomic E-state index is -0.523. The third-order valence-corrected chi connectivity index (χ3v) is 5.26. The van der Waals surface area contributed by atoms with Crippen LogP contribution in [0.15, 0.2) is 53.5 Å². The van der Waals surface area contributed by atoms with Gasteiger partial charge in [0.15, 0.2) is 0 Å². The average Bonchev–Trinajstić information content (AvgIpc) is 2.97. The molecule has 1 atom stereocenters. The third kappa shape index (κ3) is 4.86. The summed E-state index contributed by atoms with van der Waals surface area (Å²) in [6, 6.07) is 14.6. The number of thioether (sulfide) groups is 1. The van der Waals surface area contributed by atoms with E-state index >= 15 is 0 Å². The summed E-state index contributed by atoms with van der Waals surface area (Å²) in [5.74, 6) is 0.149. The van der Waals surface area contributed by atoms with Gasteiger partial charge in [0, 0.05) is 17.1 Å². The molecule has 1 heterocycles. The highest BCUT2D eigenvalue weighted by Crippen LogP contribution is 2.27. The first-order chi connectivity index (χ1) is 12.5. The fraction of sp³-hybridized carbons (Fsp3) is 0.211. The SMILES string of the molecule is Cc1ccc(NC(=O)C[C@@H]2SC(COc3ccccc3)=NC2=O)cc1Cl. The van der Waals surface area contributed by atoms with E-state index in [0.29, 0.717) is 21.5 Å². The molecule has 0 bridgehead atoms. The Hall–Kier alpha value is -2.31. The average molecular weight is 389 g/mol. The Morgan fingerprint density at radius 3 is 2.77 bits per heavy atom. The number of rotatable bonds is 6. The van der Waals surface area contributed by atoms with Crippen LogP contribution in [0.2, 0.25) is 5.02 Å². The first-order valence-corrected chi connectivity index (χ1v) is 9.29. The summed E-state index contributed by atoms with van der Waals surface area (Å²) >= 11 is 7.32. The van der Waals surface area contributed by atoms with Crippen molar-refractivity contribution < 1.29 is 14.3 Å². The standard InChI is InChI=1S/C19H17ClN2O3S/c1-12-7-8-13(9-15(12)20)21-17(23)10-16-19(24)22-18(26-16)11-25-14-5-3-2-4-6-14/h2-9,16H,10-11H2,1H3,(H,21,23)/t16-/m0/s1. The maximum absolute atomic E-state index is 12.2. The van der Waals surface area contributed by atoms with Crippen molar-refractivity contribution in [2.24, 2.45) is 4.99 Å². The van der Waals surface area contributed by atoms with E-state index < -0.39 is 5.25 Å². The number of hydrogen-bond acceptors (Lipinski definition) is 4. The molecular weight excluding hydrogens is 372 g/mol. The van der Waals surface area contributed by atoms with Crippen LogP contribution in [0.5, 0.6) is 5.75 Å². The van der Waals surface area contributed by atoms with E-state index in [4.69, 9.17) is 16.3 Å². The van der Waals surface area contributed by atoms with Crippen LogP contribution in [0.3, 0.4) is 0 Å². The van der Waals surface area contributed by atoms with Gasteiger partial charge in [-0.25, -0.2) is 4.99 Å². The van der Waals surface area contributed by atoms with E-state index in [-0.39, 0.29) is 24.8 Å². The lowest BCUT2D eigenvalue weighted by molar-refractivity contribution is -0.121. The van der Waals surface area contributed by atoms with Crippen LogP contribution in [0.25, 0.3) is 0 Å². The van der Waals surface area contributed by atoms with E-state index in [1.54, 1.807) is 12.1 Å². The van der Waals surface area contributed by atoms with Crippen LogP contribution < -0.4 is 10.1 Å². The second-order valence-corrected chi connectivity index (χ2v) is 7.45. The van der Waals surface area contributed by atoms with Crippen LogP contribution in [0.1, 0.15) is 12.0 Å². The van der Waals surface area contributed by atoms with Crippen molar-refractivity contribution in [1.82, 2.24) is 0 Å². The van der Waals surface area contributed by atoms with Crippen LogP contribution in [-0.2, 0) is 9.59 Å². The van der Waals surface area contributed by atoms with Gasteiger partial charge >= 0.3 is 0 Å². The molecule has 7 heteroatoms. The van der Waals surface area contributed by atoms with Crippen molar-refractivity contribution >= 4 is 45.9 Å². The fourth-order valence-electron chi connectivity index (χ4n) is 2.34. The molecule has 0 unspecified atom stereocenters. The fourth-order valence-corrected chi connectivity index (χ4v) is 3.51. The molecule has 5 nitrogen and oxygen atoms in total. The Labute approximate surface area is 160 Å². The summed E-state index contributed by atoms with van der Waals surface area (Å²) in [7, 11) is 0. The van der Waals surface area contributed by atoms with Crippen LogP contribution in [0.4, 0.5) is 5.69 Å². The van der Waals surface area contributed by atoms with Crippen molar-refractivity contribution in [3.8, 4) is 5.75 Å². The summed E-state index contributed by atoms with van der Waals surface area (Å²) in [5, 5.41) is 3.40. The van der Waals surface area contributed by atoms with Gasteiger partial charge in [-0.3, -0.25) is 9.59 Å². The smallest absolute Gasteiger partial charge is 0.260 e. The number of aliphatic imine (C=N–C) groups is 1. The number of nitrogens with one attached hydrogen (secondary N) is 1. The van der Waals surface area contributed by atoms with Gasteiger partial charge in [0.1, 0.15) is 22.7 Å². The molecule has 26 heavy (non-hydrogen) atoms.